The summed E-state index contributed by atoms with van der Waals surface area (Å²) in [5, 5.41) is 37.4. The van der Waals surface area contributed by atoms with Gasteiger partial charge in [0.15, 0.2) is 0 Å². The van der Waals surface area contributed by atoms with E-state index in [1.807, 2.05) is 13.8 Å². The number of aromatic amines is 1. The molecule has 6 rings (SSSR count). The van der Waals surface area contributed by atoms with E-state index in [-0.39, 0.29) is 61.6 Å². The first-order valence-electron chi connectivity index (χ1n) is 17.8. The molecule has 0 unspecified atom stereocenters. The lowest BCUT2D eigenvalue weighted by Crippen LogP contribution is -2.14. The van der Waals surface area contributed by atoms with Crippen LogP contribution in [0, 0.1) is 0 Å². The fraction of sp³-hybridized carbons (Fsp3) is 0.263. The predicted octanol–water partition coefficient (Wildman–Crippen LogP) is 7.50. The van der Waals surface area contributed by atoms with Crippen molar-refractivity contribution in [3.8, 4) is 39.7 Å². The van der Waals surface area contributed by atoms with E-state index < -0.39 is 35.0 Å². The molecule has 0 atom stereocenters. The molecule has 4 aromatic heterocycles. The normalized spacial score (nSPS) is 11.2. The maximum atomic E-state index is 14.1. The van der Waals surface area contributed by atoms with Crippen LogP contribution in [0.5, 0.6) is 11.5 Å². The third-order valence-corrected chi connectivity index (χ3v) is 10.2. The third kappa shape index (κ3) is 9.05. The molecule has 16 nitrogen and oxygen atoms in total. The minimum atomic E-state index is -0.792. The number of rotatable bonds is 17. The fourth-order valence-corrected chi connectivity index (χ4v) is 6.55. The molecule has 0 aliphatic heterocycles. The highest BCUT2D eigenvalue weighted by atomic mass is 35.5. The van der Waals surface area contributed by atoms with Gasteiger partial charge in [-0.15, -0.1) is 10.2 Å². The van der Waals surface area contributed by atoms with Gasteiger partial charge in [0, 0.05) is 11.1 Å². The summed E-state index contributed by atoms with van der Waals surface area (Å²) >= 11 is 26.1. The van der Waals surface area contributed by atoms with Crippen LogP contribution in [0.3, 0.4) is 0 Å². The monoisotopic (exact) mass is 870 g/mol. The van der Waals surface area contributed by atoms with Gasteiger partial charge >= 0.3 is 11.9 Å². The smallest absolute Gasteiger partial charge is 0.327 e. The molecule has 6 aromatic rings. The van der Waals surface area contributed by atoms with Crippen molar-refractivity contribution in [2.75, 3.05) is 13.2 Å². The number of carbonyl (C=O) groups is 4. The van der Waals surface area contributed by atoms with Crippen molar-refractivity contribution < 1.29 is 38.9 Å². The number of halogens is 4. The van der Waals surface area contributed by atoms with Gasteiger partial charge in [0.05, 0.1) is 53.1 Å². The van der Waals surface area contributed by atoms with Crippen molar-refractivity contribution in [3.05, 3.63) is 97.7 Å². The van der Waals surface area contributed by atoms with Crippen molar-refractivity contribution in [2.24, 2.45) is 0 Å². The van der Waals surface area contributed by atoms with Gasteiger partial charge in [-0.25, -0.2) is 9.36 Å². The van der Waals surface area contributed by atoms with E-state index in [9.17, 15) is 29.4 Å². The zero-order chi connectivity index (χ0) is 41.7. The average Bonchev–Trinajstić information content (AvgIpc) is 3.98. The number of H-pyrrole nitrogens is 1. The number of hydrogen-bond acceptors (Lipinski definition) is 12. The number of ether oxygens (including phenoxy) is 2. The Balaban J connectivity index is 1.26. The highest BCUT2D eigenvalue weighted by molar-refractivity contribution is 6.45. The molecular weight excluding hydrogens is 838 g/mol. The summed E-state index contributed by atoms with van der Waals surface area (Å²) in [5.74, 6) is -3.41. The molecule has 302 valence electrons. The quantitative estimate of drug-likeness (QED) is 0.0463. The van der Waals surface area contributed by atoms with Crippen LogP contribution in [0.2, 0.25) is 20.4 Å². The van der Waals surface area contributed by atoms with Crippen molar-refractivity contribution in [2.45, 2.75) is 52.6 Å². The van der Waals surface area contributed by atoms with Gasteiger partial charge in [-0.2, -0.15) is 0 Å². The van der Waals surface area contributed by atoms with E-state index in [0.717, 1.165) is 30.3 Å². The molecule has 0 fully saturated rings. The van der Waals surface area contributed by atoms with E-state index >= 15 is 0 Å². The lowest BCUT2D eigenvalue weighted by atomic mass is 10.0. The van der Waals surface area contributed by atoms with Gasteiger partial charge in [-0.1, -0.05) is 95.7 Å². The Hall–Kier alpha value is -5.68. The Kier molecular flexibility index (Phi) is 13.2. The molecule has 4 heterocycles. The number of nitrogens with zero attached hydrogens (tertiary/aromatic N) is 7. The van der Waals surface area contributed by atoms with E-state index in [1.54, 1.807) is 0 Å². The molecule has 0 amide bonds. The number of benzene rings is 2. The maximum Gasteiger partial charge on any atom is 0.327 e. The summed E-state index contributed by atoms with van der Waals surface area (Å²) in [6.45, 7) is 4.23. The van der Waals surface area contributed by atoms with Crippen LogP contribution in [0.1, 0.15) is 71.6 Å². The van der Waals surface area contributed by atoms with E-state index in [1.165, 1.54) is 64.2 Å². The first kappa shape index (κ1) is 41.9. The lowest BCUT2D eigenvalue weighted by Gasteiger charge is -2.13. The Morgan fingerprint density at radius 2 is 1.22 bits per heavy atom. The molecule has 0 bridgehead atoms. The number of carbonyl (C=O) groups excluding carboxylic acids is 4. The highest BCUT2D eigenvalue weighted by Crippen LogP contribution is 2.41. The van der Waals surface area contributed by atoms with Crippen molar-refractivity contribution in [3.63, 3.8) is 0 Å². The van der Waals surface area contributed by atoms with Gasteiger partial charge < -0.3 is 24.7 Å². The van der Waals surface area contributed by atoms with Crippen LogP contribution in [-0.4, -0.2) is 86.5 Å². The first-order valence-corrected chi connectivity index (χ1v) is 19.3. The number of phenolic OH excluding ortho intramolecular Hbond substituents is 2. The number of unbranched alkanes of at least 4 members (excludes halogenated alkanes) is 2. The van der Waals surface area contributed by atoms with Crippen LogP contribution >= 0.6 is 46.4 Å². The standard InChI is InChI=1S/C38H34Cl4N8O8/c1-3-5-11-57-30(53)18-48-16-25(44-46-48)20-7-9-22(28(51)13-20)35(55)27-15-24(39)38(42)50(27)34-32(40)37(41)43-33(34)36(56)23-10-8-21(14-29(23)52)26-17-49(47-45-26)19-31(54)58-12-6-4-2/h7-10,13-17,43,51-52H,3-6,11-12,18-19H2,1-2H3. The Bertz CT molecular complexity index is 2350. The molecule has 0 saturated heterocycles. The van der Waals surface area contributed by atoms with Crippen molar-refractivity contribution in [1.82, 2.24) is 39.5 Å². The van der Waals surface area contributed by atoms with E-state index in [0.29, 0.717) is 35.7 Å². The number of esters is 2. The minimum absolute atomic E-state index is 0.0905. The fourth-order valence-electron chi connectivity index (χ4n) is 5.73. The largest absolute Gasteiger partial charge is 0.507 e. The number of aromatic hydroxyl groups is 2. The van der Waals surface area contributed by atoms with Gasteiger partial charge in [0.1, 0.15) is 57.0 Å². The van der Waals surface area contributed by atoms with Gasteiger partial charge in [0.2, 0.25) is 11.6 Å². The topological polar surface area (TPSA) is 209 Å². The van der Waals surface area contributed by atoms with Crippen LogP contribution in [0.4, 0.5) is 0 Å². The van der Waals surface area contributed by atoms with E-state index in [4.69, 9.17) is 55.9 Å². The SMILES string of the molecule is CCCCOC(=O)Cn1cc(-c2ccc(C(=O)c3[nH]c(Cl)c(Cl)c3-n3c(C(=O)c4ccc(-c5cn(CC(=O)OCCCC)nn5)cc4O)cc(Cl)c3Cl)c(O)c2)nn1. The summed E-state index contributed by atoms with van der Waals surface area (Å²) in [6.07, 6.45) is 6.21. The minimum Gasteiger partial charge on any atom is -0.507 e. The summed E-state index contributed by atoms with van der Waals surface area (Å²) in [7, 11) is 0. The molecule has 0 spiro atoms. The van der Waals surface area contributed by atoms with Crippen molar-refractivity contribution >= 4 is 69.9 Å². The molecule has 3 N–H and O–H groups in total. The van der Waals surface area contributed by atoms with Gasteiger partial charge in [0.25, 0.3) is 0 Å². The summed E-state index contributed by atoms with van der Waals surface area (Å²) in [6, 6.07) is 9.53. The second-order valence-electron chi connectivity index (χ2n) is 12.9. The van der Waals surface area contributed by atoms with E-state index in [2.05, 4.69) is 25.6 Å². The lowest BCUT2D eigenvalue weighted by molar-refractivity contribution is -0.145. The van der Waals surface area contributed by atoms with Crippen LogP contribution in [0.15, 0.2) is 54.9 Å². The zero-order valence-corrected chi connectivity index (χ0v) is 33.9. The Labute approximate surface area is 350 Å². The first-order chi connectivity index (χ1) is 27.8. The predicted molar refractivity (Wildman–Crippen MR) is 213 cm³/mol. The molecule has 0 saturated carbocycles. The average molecular weight is 873 g/mol. The van der Waals surface area contributed by atoms with Crippen molar-refractivity contribution in [1.29, 1.82) is 0 Å². The number of ketones is 2. The highest BCUT2D eigenvalue weighted by Gasteiger charge is 2.31. The van der Waals surface area contributed by atoms with Crippen LogP contribution in [0.25, 0.3) is 28.2 Å². The van der Waals surface area contributed by atoms with Crippen LogP contribution < -0.4 is 0 Å². The third-order valence-electron chi connectivity index (χ3n) is 8.71. The summed E-state index contributed by atoms with van der Waals surface area (Å²) < 4.78 is 14.0. The molecule has 0 aliphatic carbocycles. The Morgan fingerprint density at radius 3 is 1.71 bits per heavy atom. The molecule has 0 aliphatic rings. The van der Waals surface area contributed by atoms with Gasteiger partial charge in [-0.05, 0) is 43.2 Å². The number of aromatic nitrogens is 8. The summed E-state index contributed by atoms with van der Waals surface area (Å²) in [5.41, 5.74) is 0.408. The number of phenols is 2. The molecule has 20 heteroatoms. The van der Waals surface area contributed by atoms with Crippen LogP contribution in [-0.2, 0) is 32.2 Å². The number of nitrogens with one attached hydrogen (secondary N) is 1. The number of hydrogen-bond donors (Lipinski definition) is 3. The zero-order valence-electron chi connectivity index (χ0n) is 30.8. The molecule has 0 radical (unpaired) electrons. The van der Waals surface area contributed by atoms with Gasteiger partial charge in [-0.3, -0.25) is 23.7 Å². The summed E-state index contributed by atoms with van der Waals surface area (Å²) in [4.78, 5) is 55.1. The molecule has 2 aromatic carbocycles. The maximum absolute atomic E-state index is 14.1. The second kappa shape index (κ2) is 18.3. The molecular formula is C38H34Cl4N8O8. The Morgan fingerprint density at radius 1 is 0.724 bits per heavy atom. The second-order valence-corrected chi connectivity index (χ2v) is 14.4. The molecule has 58 heavy (non-hydrogen) atoms.